The number of nitrogens with zero attached hydrogens (tertiary/aromatic N) is 2. The van der Waals surface area contributed by atoms with E-state index < -0.39 is 0 Å². The summed E-state index contributed by atoms with van der Waals surface area (Å²) >= 11 is 0. The highest BCUT2D eigenvalue weighted by atomic mass is 16.5. The van der Waals surface area contributed by atoms with E-state index in [1.165, 1.54) is 0 Å². The van der Waals surface area contributed by atoms with Crippen LogP contribution in [-0.2, 0) is 9.53 Å². The highest BCUT2D eigenvalue weighted by Crippen LogP contribution is 2.20. The lowest BCUT2D eigenvalue weighted by Crippen LogP contribution is -2.49. The summed E-state index contributed by atoms with van der Waals surface area (Å²) in [7, 11) is 0. The van der Waals surface area contributed by atoms with E-state index in [2.05, 4.69) is 41.6 Å². The molecular weight excluding hydrogens is 354 g/mol. The summed E-state index contributed by atoms with van der Waals surface area (Å²) in [5.41, 5.74) is -0.362. The molecule has 1 atom stereocenters. The van der Waals surface area contributed by atoms with Gasteiger partial charge in [0.25, 0.3) is 0 Å². The predicted octanol–water partition coefficient (Wildman–Crippen LogP) is 1.84. The highest BCUT2D eigenvalue weighted by Gasteiger charge is 2.26. The van der Waals surface area contributed by atoms with E-state index in [1.807, 2.05) is 20.8 Å². The van der Waals surface area contributed by atoms with Crippen molar-refractivity contribution >= 4 is 11.9 Å². The Morgan fingerprint density at radius 3 is 2.18 bits per heavy atom. The maximum atomic E-state index is 12.0. The molecule has 0 aromatic carbocycles. The molecule has 1 fully saturated rings. The molecule has 3 N–H and O–H groups in total. The smallest absolute Gasteiger partial charge is 0.225 e. The van der Waals surface area contributed by atoms with E-state index in [9.17, 15) is 4.79 Å². The average Bonchev–Trinajstić information content (AvgIpc) is 2.67. The molecule has 0 bridgehead atoms. The van der Waals surface area contributed by atoms with Crippen molar-refractivity contribution in [2.75, 3.05) is 52.5 Å². The van der Waals surface area contributed by atoms with Gasteiger partial charge in [0.2, 0.25) is 5.91 Å². The van der Waals surface area contributed by atoms with Crippen molar-refractivity contribution in [3.05, 3.63) is 0 Å². The molecule has 1 saturated heterocycles. The van der Waals surface area contributed by atoms with Gasteiger partial charge in [-0.3, -0.25) is 14.7 Å². The molecule has 7 heteroatoms. The summed E-state index contributed by atoms with van der Waals surface area (Å²) in [6.07, 6.45) is 2.33. The van der Waals surface area contributed by atoms with Gasteiger partial charge in [-0.05, 0) is 12.8 Å². The Balaban J connectivity index is 2.63. The Bertz CT molecular complexity index is 466. The summed E-state index contributed by atoms with van der Waals surface area (Å²) in [6.45, 7) is 18.8. The quantitative estimate of drug-likeness (QED) is 0.298. The van der Waals surface area contributed by atoms with Gasteiger partial charge in [0.05, 0.1) is 19.8 Å². The van der Waals surface area contributed by atoms with Gasteiger partial charge in [0, 0.05) is 44.2 Å². The standard InChI is InChI=1S/C21H43N5O2/c1-7-17(8-2)18(26-12-14-28-15-13-26)16-25-20(22-9-3)24-11-10-23-19(27)21(4,5)6/h17-18H,7-16H2,1-6H3,(H,23,27)(H2,22,24,25). The Morgan fingerprint density at radius 2 is 1.64 bits per heavy atom. The Kier molecular flexibility index (Phi) is 11.5. The fourth-order valence-electron chi connectivity index (χ4n) is 3.45. The minimum absolute atomic E-state index is 0.0670. The van der Waals surface area contributed by atoms with Gasteiger partial charge in [-0.2, -0.15) is 0 Å². The Labute approximate surface area is 172 Å². The van der Waals surface area contributed by atoms with Gasteiger partial charge in [0.15, 0.2) is 5.96 Å². The second kappa shape index (κ2) is 13.0. The molecule has 1 heterocycles. The topological polar surface area (TPSA) is 78.0 Å². The van der Waals surface area contributed by atoms with Crippen LogP contribution in [0.15, 0.2) is 4.99 Å². The highest BCUT2D eigenvalue weighted by molar-refractivity contribution is 5.81. The number of amides is 1. The van der Waals surface area contributed by atoms with Crippen molar-refractivity contribution < 1.29 is 9.53 Å². The molecule has 1 amide bonds. The van der Waals surface area contributed by atoms with E-state index in [0.717, 1.165) is 58.2 Å². The fourth-order valence-corrected chi connectivity index (χ4v) is 3.45. The third kappa shape index (κ3) is 8.78. The van der Waals surface area contributed by atoms with Gasteiger partial charge in [-0.1, -0.05) is 47.5 Å². The summed E-state index contributed by atoms with van der Waals surface area (Å²) in [5.74, 6) is 1.52. The van der Waals surface area contributed by atoms with Crippen LogP contribution < -0.4 is 16.0 Å². The first-order chi connectivity index (χ1) is 13.3. The van der Waals surface area contributed by atoms with Crippen molar-refractivity contribution in [3.63, 3.8) is 0 Å². The van der Waals surface area contributed by atoms with Gasteiger partial charge < -0.3 is 20.7 Å². The lowest BCUT2D eigenvalue weighted by Gasteiger charge is -2.38. The Morgan fingerprint density at radius 1 is 1.04 bits per heavy atom. The number of ether oxygens (including phenoxy) is 1. The van der Waals surface area contributed by atoms with Crippen molar-refractivity contribution in [2.24, 2.45) is 16.3 Å². The number of hydrogen-bond donors (Lipinski definition) is 3. The van der Waals surface area contributed by atoms with Crippen LogP contribution in [0.3, 0.4) is 0 Å². The fraction of sp³-hybridized carbons (Fsp3) is 0.905. The largest absolute Gasteiger partial charge is 0.379 e. The molecule has 1 aliphatic heterocycles. The summed E-state index contributed by atoms with van der Waals surface area (Å²) in [4.78, 5) is 19.4. The first-order valence-corrected chi connectivity index (χ1v) is 11.0. The molecule has 1 rings (SSSR count). The molecule has 1 aliphatic rings. The average molecular weight is 398 g/mol. The molecule has 164 valence electrons. The molecule has 0 radical (unpaired) electrons. The van der Waals surface area contributed by atoms with Crippen LogP contribution in [0, 0.1) is 11.3 Å². The number of morpholine rings is 1. The van der Waals surface area contributed by atoms with Crippen LogP contribution in [0.5, 0.6) is 0 Å². The van der Waals surface area contributed by atoms with Crippen LogP contribution >= 0.6 is 0 Å². The third-order valence-corrected chi connectivity index (χ3v) is 5.27. The summed E-state index contributed by atoms with van der Waals surface area (Å²) in [6, 6.07) is 0.440. The SMILES string of the molecule is CCNC(=NCC(C(CC)CC)N1CCOCC1)NCCNC(=O)C(C)(C)C. The first-order valence-electron chi connectivity index (χ1n) is 11.0. The number of rotatable bonds is 10. The molecule has 7 nitrogen and oxygen atoms in total. The Hall–Kier alpha value is -1.34. The van der Waals surface area contributed by atoms with Gasteiger partial charge >= 0.3 is 0 Å². The number of hydrogen-bond acceptors (Lipinski definition) is 4. The predicted molar refractivity (Wildman–Crippen MR) is 117 cm³/mol. The number of guanidine groups is 1. The monoisotopic (exact) mass is 397 g/mol. The molecule has 0 aromatic rings. The summed E-state index contributed by atoms with van der Waals surface area (Å²) in [5, 5.41) is 9.63. The van der Waals surface area contributed by atoms with Crippen molar-refractivity contribution in [3.8, 4) is 0 Å². The molecule has 0 aromatic heterocycles. The van der Waals surface area contributed by atoms with Crippen LogP contribution in [0.1, 0.15) is 54.4 Å². The van der Waals surface area contributed by atoms with Crippen molar-refractivity contribution in [2.45, 2.75) is 60.4 Å². The maximum Gasteiger partial charge on any atom is 0.225 e. The third-order valence-electron chi connectivity index (χ3n) is 5.27. The zero-order chi connectivity index (χ0) is 21.0. The van der Waals surface area contributed by atoms with Crippen LogP contribution in [0.4, 0.5) is 0 Å². The number of nitrogens with one attached hydrogen (secondary N) is 3. The maximum absolute atomic E-state index is 12.0. The summed E-state index contributed by atoms with van der Waals surface area (Å²) < 4.78 is 5.53. The molecule has 0 saturated carbocycles. The zero-order valence-electron chi connectivity index (χ0n) is 18.9. The molecule has 0 spiro atoms. The van der Waals surface area contributed by atoms with E-state index in [1.54, 1.807) is 0 Å². The van der Waals surface area contributed by atoms with Gasteiger partial charge in [-0.15, -0.1) is 0 Å². The molecular formula is C21H43N5O2. The van der Waals surface area contributed by atoms with E-state index >= 15 is 0 Å². The normalized spacial score (nSPS) is 17.5. The van der Waals surface area contributed by atoms with Crippen LogP contribution in [-0.4, -0.2) is 75.3 Å². The van der Waals surface area contributed by atoms with Crippen LogP contribution in [0.2, 0.25) is 0 Å². The molecule has 0 aliphatic carbocycles. The van der Waals surface area contributed by atoms with Gasteiger partial charge in [-0.25, -0.2) is 0 Å². The minimum Gasteiger partial charge on any atom is -0.379 e. The second-order valence-corrected chi connectivity index (χ2v) is 8.44. The zero-order valence-corrected chi connectivity index (χ0v) is 18.9. The van der Waals surface area contributed by atoms with Crippen LogP contribution in [0.25, 0.3) is 0 Å². The second-order valence-electron chi connectivity index (χ2n) is 8.44. The lowest BCUT2D eigenvalue weighted by molar-refractivity contribution is -0.128. The van der Waals surface area contributed by atoms with Crippen molar-refractivity contribution in [1.29, 1.82) is 0 Å². The molecule has 1 unspecified atom stereocenters. The minimum atomic E-state index is -0.362. The van der Waals surface area contributed by atoms with E-state index in [0.29, 0.717) is 25.0 Å². The first kappa shape index (κ1) is 24.7. The van der Waals surface area contributed by atoms with E-state index in [4.69, 9.17) is 9.73 Å². The number of carbonyl (C=O) groups excluding carboxylic acids is 1. The molecule has 28 heavy (non-hydrogen) atoms. The van der Waals surface area contributed by atoms with Gasteiger partial charge in [0.1, 0.15) is 0 Å². The number of carbonyl (C=O) groups is 1. The van der Waals surface area contributed by atoms with Crippen molar-refractivity contribution in [1.82, 2.24) is 20.9 Å². The van der Waals surface area contributed by atoms with E-state index in [-0.39, 0.29) is 11.3 Å². The number of aliphatic imine (C=N–C) groups is 1. The lowest BCUT2D eigenvalue weighted by atomic mass is 9.92.